The van der Waals surface area contributed by atoms with E-state index >= 15 is 0 Å². The number of methoxy groups -OCH3 is 1. The number of benzene rings is 1. The largest absolute Gasteiger partial charge is 0.464 e. The molecule has 132 valence electrons. The summed E-state index contributed by atoms with van der Waals surface area (Å²) >= 11 is 0. The van der Waals surface area contributed by atoms with Gasteiger partial charge in [0.15, 0.2) is 0 Å². The predicted octanol–water partition coefficient (Wildman–Crippen LogP) is 2.91. The lowest BCUT2D eigenvalue weighted by Crippen LogP contribution is -2.29. The first-order valence-electron chi connectivity index (χ1n) is 7.35. The Hall–Kier alpha value is -2.11. The van der Waals surface area contributed by atoms with Crippen LogP contribution in [-0.4, -0.2) is 38.6 Å². The molecule has 1 rings (SSSR count). The first-order valence-corrected chi connectivity index (χ1v) is 9.61. The molecule has 1 atom stereocenters. The van der Waals surface area contributed by atoms with Crippen molar-refractivity contribution in [1.82, 2.24) is 5.32 Å². The minimum absolute atomic E-state index is 0.00968. The fraction of sp³-hybridized carbons (Fsp3) is 0.375. The van der Waals surface area contributed by atoms with E-state index in [4.69, 9.17) is 9.26 Å². The monoisotopic (exact) mass is 355 g/mol. The summed E-state index contributed by atoms with van der Waals surface area (Å²) in [6.07, 6.45) is 0.494. The van der Waals surface area contributed by atoms with Gasteiger partial charge in [0.05, 0.1) is 13.7 Å². The van der Waals surface area contributed by atoms with Gasteiger partial charge >= 0.3 is 12.1 Å². The van der Waals surface area contributed by atoms with Gasteiger partial charge in [-0.3, -0.25) is 9.88 Å². The lowest BCUT2D eigenvalue weighted by atomic mass is 10.2. The van der Waals surface area contributed by atoms with Crippen LogP contribution in [0.4, 0.5) is 4.79 Å². The number of carbonyl (C=O) groups excluding carboxylic acids is 2. The topological polar surface area (TPSA) is 90.9 Å². The summed E-state index contributed by atoms with van der Waals surface area (Å²) in [5.41, 5.74) is 0.669. The number of ether oxygens (including phenoxy) is 2. The third kappa shape index (κ3) is 7.44. The second-order valence-electron chi connectivity index (χ2n) is 4.91. The normalized spacial score (nSPS) is 13.7. The number of alkyl carbamates (subject to hydrolysis) is 1. The van der Waals surface area contributed by atoms with Crippen molar-refractivity contribution in [3.63, 3.8) is 0 Å². The van der Waals surface area contributed by atoms with E-state index in [0.717, 1.165) is 5.56 Å². The zero-order valence-electron chi connectivity index (χ0n) is 14.0. The third-order valence-electron chi connectivity index (χ3n) is 2.88. The Morgan fingerprint density at radius 1 is 1.25 bits per heavy atom. The molecule has 0 fully saturated rings. The van der Waals surface area contributed by atoms with Crippen LogP contribution in [0.15, 0.2) is 42.1 Å². The van der Waals surface area contributed by atoms with Crippen LogP contribution in [0.5, 0.6) is 0 Å². The molecular weight excluding hydrogens is 333 g/mol. The van der Waals surface area contributed by atoms with Crippen LogP contribution in [0.3, 0.4) is 0 Å². The van der Waals surface area contributed by atoms with Gasteiger partial charge in [-0.25, -0.2) is 9.59 Å². The Morgan fingerprint density at radius 2 is 1.92 bits per heavy atom. The molecule has 24 heavy (non-hydrogen) atoms. The SMILES string of the molecule is CCOP(C)(=O)C/C=C(\NC(=O)OCc1ccccc1)C(=O)OC. The highest BCUT2D eigenvalue weighted by molar-refractivity contribution is 7.58. The summed E-state index contributed by atoms with van der Waals surface area (Å²) in [4.78, 5) is 23.5. The molecule has 0 aliphatic rings. The van der Waals surface area contributed by atoms with Crippen LogP contribution in [0, 0.1) is 0 Å². The van der Waals surface area contributed by atoms with Gasteiger partial charge in [0.25, 0.3) is 0 Å². The third-order valence-corrected chi connectivity index (χ3v) is 4.53. The van der Waals surface area contributed by atoms with Crippen molar-refractivity contribution in [2.75, 3.05) is 26.5 Å². The van der Waals surface area contributed by atoms with E-state index in [1.807, 2.05) is 18.2 Å². The Kier molecular flexibility index (Phi) is 8.22. The average molecular weight is 355 g/mol. The Bertz CT molecular complexity index is 629. The maximum absolute atomic E-state index is 12.1. The minimum Gasteiger partial charge on any atom is -0.464 e. The zero-order valence-corrected chi connectivity index (χ0v) is 14.9. The molecule has 1 aromatic carbocycles. The van der Waals surface area contributed by atoms with E-state index < -0.39 is 19.4 Å². The minimum atomic E-state index is -2.88. The highest BCUT2D eigenvalue weighted by Crippen LogP contribution is 2.42. The van der Waals surface area contributed by atoms with Crippen LogP contribution < -0.4 is 5.32 Å². The van der Waals surface area contributed by atoms with Crippen molar-refractivity contribution in [2.45, 2.75) is 13.5 Å². The summed E-state index contributed by atoms with van der Waals surface area (Å²) in [7, 11) is -1.70. The van der Waals surface area contributed by atoms with Gasteiger partial charge < -0.3 is 14.0 Å². The second kappa shape index (κ2) is 9.90. The highest BCUT2D eigenvalue weighted by Gasteiger charge is 2.18. The number of hydrogen-bond donors (Lipinski definition) is 1. The van der Waals surface area contributed by atoms with Gasteiger partial charge in [0.2, 0.25) is 7.37 Å². The maximum atomic E-state index is 12.1. The molecule has 0 saturated carbocycles. The summed E-state index contributed by atoms with van der Waals surface area (Å²) in [5, 5.41) is 2.30. The van der Waals surface area contributed by atoms with Crippen LogP contribution >= 0.6 is 7.37 Å². The van der Waals surface area contributed by atoms with Crippen molar-refractivity contribution >= 4 is 19.4 Å². The smallest absolute Gasteiger partial charge is 0.412 e. The molecule has 0 aliphatic heterocycles. The van der Waals surface area contributed by atoms with Gasteiger partial charge in [-0.2, -0.15) is 0 Å². The molecule has 0 spiro atoms. The number of allylic oxidation sites excluding steroid dienone is 1. The summed E-state index contributed by atoms with van der Waals surface area (Å²) in [6, 6.07) is 9.11. The number of rotatable bonds is 8. The molecule has 7 nitrogen and oxygen atoms in total. The van der Waals surface area contributed by atoms with Crippen LogP contribution in [0.1, 0.15) is 12.5 Å². The Labute approximate surface area is 141 Å². The maximum Gasteiger partial charge on any atom is 0.412 e. The van der Waals surface area contributed by atoms with E-state index in [2.05, 4.69) is 10.1 Å². The van der Waals surface area contributed by atoms with E-state index in [1.165, 1.54) is 19.9 Å². The number of esters is 1. The molecule has 0 aromatic heterocycles. The van der Waals surface area contributed by atoms with Gasteiger partial charge in [0, 0.05) is 12.8 Å². The molecule has 0 radical (unpaired) electrons. The lowest BCUT2D eigenvalue weighted by Gasteiger charge is -2.12. The predicted molar refractivity (Wildman–Crippen MR) is 89.9 cm³/mol. The van der Waals surface area contributed by atoms with Gasteiger partial charge in [-0.05, 0) is 18.6 Å². The number of carbonyl (C=O) groups is 2. The Morgan fingerprint density at radius 3 is 2.50 bits per heavy atom. The zero-order chi connectivity index (χ0) is 18.0. The van der Waals surface area contributed by atoms with Gasteiger partial charge in [0.1, 0.15) is 12.3 Å². The van der Waals surface area contributed by atoms with Crippen molar-refractivity contribution < 1.29 is 28.2 Å². The molecule has 8 heteroatoms. The summed E-state index contributed by atoms with van der Waals surface area (Å²) in [6.45, 7) is 3.53. The number of amides is 1. The fourth-order valence-corrected chi connectivity index (χ4v) is 2.91. The summed E-state index contributed by atoms with van der Waals surface area (Å²) in [5.74, 6) is -0.761. The van der Waals surface area contributed by atoms with E-state index in [1.54, 1.807) is 19.1 Å². The number of nitrogens with one attached hydrogen (secondary N) is 1. The van der Waals surface area contributed by atoms with Crippen molar-refractivity contribution in [1.29, 1.82) is 0 Å². The fourth-order valence-electron chi connectivity index (χ4n) is 1.75. The van der Waals surface area contributed by atoms with Crippen molar-refractivity contribution in [2.24, 2.45) is 0 Å². The molecule has 1 N–H and O–H groups in total. The second-order valence-corrected chi connectivity index (χ2v) is 7.56. The summed E-state index contributed by atoms with van der Waals surface area (Å²) < 4.78 is 26.8. The van der Waals surface area contributed by atoms with E-state index in [9.17, 15) is 14.2 Å². The van der Waals surface area contributed by atoms with Crippen molar-refractivity contribution in [3.05, 3.63) is 47.7 Å². The highest BCUT2D eigenvalue weighted by atomic mass is 31.2. The van der Waals surface area contributed by atoms with Crippen LogP contribution in [0.25, 0.3) is 0 Å². The molecular formula is C16H22NO6P. The first-order chi connectivity index (χ1) is 11.4. The molecule has 1 aromatic rings. The van der Waals surface area contributed by atoms with Crippen LogP contribution in [0.2, 0.25) is 0 Å². The quantitative estimate of drug-likeness (QED) is 0.438. The first kappa shape index (κ1) is 19.9. The van der Waals surface area contributed by atoms with E-state index in [-0.39, 0.29) is 18.5 Å². The van der Waals surface area contributed by atoms with Gasteiger partial charge in [-0.1, -0.05) is 30.3 Å². The van der Waals surface area contributed by atoms with Gasteiger partial charge in [-0.15, -0.1) is 0 Å². The molecule has 0 bridgehead atoms. The molecule has 1 amide bonds. The molecule has 0 saturated heterocycles. The lowest BCUT2D eigenvalue weighted by molar-refractivity contribution is -0.136. The Balaban J connectivity index is 2.66. The molecule has 1 unspecified atom stereocenters. The average Bonchev–Trinajstić information content (AvgIpc) is 2.57. The van der Waals surface area contributed by atoms with E-state index in [0.29, 0.717) is 6.61 Å². The molecule has 0 heterocycles. The number of hydrogen-bond acceptors (Lipinski definition) is 6. The molecule has 0 aliphatic carbocycles. The standard InChI is InChI=1S/C16H22NO6P/c1-4-23-24(3,20)11-10-14(15(18)21-2)17-16(19)22-12-13-8-6-5-7-9-13/h5-10H,4,11-12H2,1-3H3,(H,17,19)/b14-10-. The van der Waals surface area contributed by atoms with Crippen LogP contribution in [-0.2, 0) is 30.0 Å². The van der Waals surface area contributed by atoms with Crippen molar-refractivity contribution in [3.8, 4) is 0 Å².